The number of nitrogens with zero attached hydrogens (tertiary/aromatic N) is 1. The van der Waals surface area contributed by atoms with Gasteiger partial charge in [-0.15, -0.1) is 0 Å². The first-order chi connectivity index (χ1) is 10.9. The van der Waals surface area contributed by atoms with Gasteiger partial charge in [-0.2, -0.15) is 0 Å². The Morgan fingerprint density at radius 1 is 1.17 bits per heavy atom. The second-order valence-electron chi connectivity index (χ2n) is 4.64. The number of benzene rings is 2. The number of carbonyl (C=O) groups excluding carboxylic acids is 2. The summed E-state index contributed by atoms with van der Waals surface area (Å²) in [5.41, 5.74) is 5.42. The van der Waals surface area contributed by atoms with Gasteiger partial charge in [0.15, 0.2) is 0 Å². The number of nitrogens with two attached hydrogens (primary N) is 1. The fraction of sp³-hybridized carbons (Fsp3) is 0.0667. The third-order valence-corrected chi connectivity index (χ3v) is 3.43. The molecule has 0 aromatic heterocycles. The molecular formula is C15H12ClN3O4. The van der Waals surface area contributed by atoms with Gasteiger partial charge in [0.1, 0.15) is 6.04 Å². The maximum atomic E-state index is 12.3. The van der Waals surface area contributed by atoms with Crippen molar-refractivity contribution in [3.8, 4) is 0 Å². The summed E-state index contributed by atoms with van der Waals surface area (Å²) >= 11 is 5.91. The highest BCUT2D eigenvalue weighted by molar-refractivity contribution is 6.34. The van der Waals surface area contributed by atoms with E-state index >= 15 is 0 Å². The first-order valence-corrected chi connectivity index (χ1v) is 6.87. The molecule has 0 radical (unpaired) electrons. The van der Waals surface area contributed by atoms with Crippen LogP contribution in [0, 0.1) is 10.1 Å². The number of amides is 2. The summed E-state index contributed by atoms with van der Waals surface area (Å²) in [5.74, 6) is -1.49. The minimum absolute atomic E-state index is 0.0318. The van der Waals surface area contributed by atoms with Gasteiger partial charge < -0.3 is 11.1 Å². The van der Waals surface area contributed by atoms with Gasteiger partial charge >= 0.3 is 0 Å². The van der Waals surface area contributed by atoms with Gasteiger partial charge in [0.25, 0.3) is 11.6 Å². The second-order valence-corrected chi connectivity index (χ2v) is 5.05. The van der Waals surface area contributed by atoms with Crippen LogP contribution in [0.2, 0.25) is 5.02 Å². The molecule has 1 atom stereocenters. The maximum absolute atomic E-state index is 12.3. The Morgan fingerprint density at radius 2 is 1.83 bits per heavy atom. The number of nitrogens with one attached hydrogen (secondary N) is 1. The molecule has 0 heterocycles. The molecule has 2 aromatic carbocycles. The molecule has 1 unspecified atom stereocenters. The van der Waals surface area contributed by atoms with Crippen molar-refractivity contribution < 1.29 is 14.5 Å². The van der Waals surface area contributed by atoms with Crippen LogP contribution in [0.15, 0.2) is 48.5 Å². The standard InChI is InChI=1S/C15H12ClN3O4/c16-12-7-6-10(19(22)23)8-11(12)15(21)18-13(14(17)20)9-4-2-1-3-5-9/h1-8,13H,(H2,17,20)(H,18,21). The van der Waals surface area contributed by atoms with E-state index < -0.39 is 22.8 Å². The molecule has 7 nitrogen and oxygen atoms in total. The van der Waals surface area contributed by atoms with Crippen LogP contribution in [0.1, 0.15) is 22.0 Å². The van der Waals surface area contributed by atoms with E-state index in [9.17, 15) is 19.7 Å². The van der Waals surface area contributed by atoms with Crippen LogP contribution < -0.4 is 11.1 Å². The van der Waals surface area contributed by atoms with Crippen molar-refractivity contribution in [3.05, 3.63) is 74.8 Å². The predicted molar refractivity (Wildman–Crippen MR) is 84.0 cm³/mol. The van der Waals surface area contributed by atoms with Crippen LogP contribution in [-0.2, 0) is 4.79 Å². The van der Waals surface area contributed by atoms with Crippen molar-refractivity contribution in [1.29, 1.82) is 0 Å². The fourth-order valence-electron chi connectivity index (χ4n) is 1.97. The normalized spacial score (nSPS) is 11.5. The molecule has 8 heteroatoms. The number of hydrogen-bond acceptors (Lipinski definition) is 4. The van der Waals surface area contributed by atoms with Gasteiger partial charge in [0.2, 0.25) is 5.91 Å². The molecule has 0 aliphatic carbocycles. The molecule has 0 bridgehead atoms. The van der Waals surface area contributed by atoms with Gasteiger partial charge in [0.05, 0.1) is 15.5 Å². The fourth-order valence-corrected chi connectivity index (χ4v) is 2.18. The lowest BCUT2D eigenvalue weighted by atomic mass is 10.1. The van der Waals surface area contributed by atoms with Crippen molar-refractivity contribution >= 4 is 29.1 Å². The number of carbonyl (C=O) groups is 2. The van der Waals surface area contributed by atoms with E-state index in [0.717, 1.165) is 6.07 Å². The summed E-state index contributed by atoms with van der Waals surface area (Å²) in [5, 5.41) is 13.3. The van der Waals surface area contributed by atoms with Gasteiger partial charge in [-0.1, -0.05) is 41.9 Å². The average Bonchev–Trinajstić information content (AvgIpc) is 2.53. The topological polar surface area (TPSA) is 115 Å². The lowest BCUT2D eigenvalue weighted by Crippen LogP contribution is -2.37. The van der Waals surface area contributed by atoms with Crippen LogP contribution >= 0.6 is 11.6 Å². The number of non-ortho nitro benzene ring substituents is 1. The van der Waals surface area contributed by atoms with E-state index in [1.54, 1.807) is 30.3 Å². The molecule has 23 heavy (non-hydrogen) atoms. The summed E-state index contributed by atoms with van der Waals surface area (Å²) < 4.78 is 0. The van der Waals surface area contributed by atoms with Crippen LogP contribution in [-0.4, -0.2) is 16.7 Å². The highest BCUT2D eigenvalue weighted by Crippen LogP contribution is 2.23. The summed E-state index contributed by atoms with van der Waals surface area (Å²) in [6.45, 7) is 0. The largest absolute Gasteiger partial charge is 0.368 e. The Labute approximate surface area is 136 Å². The number of rotatable bonds is 5. The van der Waals surface area contributed by atoms with Gasteiger partial charge in [-0.05, 0) is 11.6 Å². The van der Waals surface area contributed by atoms with Crippen molar-refractivity contribution in [1.82, 2.24) is 5.32 Å². The Morgan fingerprint density at radius 3 is 2.39 bits per heavy atom. The van der Waals surface area contributed by atoms with E-state index in [4.69, 9.17) is 17.3 Å². The van der Waals surface area contributed by atoms with E-state index in [2.05, 4.69) is 5.32 Å². The highest BCUT2D eigenvalue weighted by Gasteiger charge is 2.23. The number of hydrogen-bond donors (Lipinski definition) is 2. The zero-order valence-electron chi connectivity index (χ0n) is 11.7. The minimum atomic E-state index is -1.07. The minimum Gasteiger partial charge on any atom is -0.368 e. The zero-order valence-corrected chi connectivity index (χ0v) is 12.5. The molecule has 0 saturated heterocycles. The van der Waals surface area contributed by atoms with E-state index in [1.165, 1.54) is 12.1 Å². The molecule has 0 spiro atoms. The predicted octanol–water partition coefficient (Wildman–Crippen LogP) is 2.20. The molecule has 0 aliphatic heterocycles. The Kier molecular flexibility index (Phi) is 4.92. The van der Waals surface area contributed by atoms with Gasteiger partial charge in [-0.25, -0.2) is 0 Å². The summed E-state index contributed by atoms with van der Waals surface area (Å²) in [4.78, 5) is 34.0. The third-order valence-electron chi connectivity index (χ3n) is 3.10. The Bertz CT molecular complexity index is 765. The highest BCUT2D eigenvalue weighted by atomic mass is 35.5. The molecule has 3 N–H and O–H groups in total. The third kappa shape index (κ3) is 3.83. The van der Waals surface area contributed by atoms with Crippen molar-refractivity contribution in [2.45, 2.75) is 6.04 Å². The first kappa shape index (κ1) is 16.4. The maximum Gasteiger partial charge on any atom is 0.270 e. The molecule has 0 aliphatic rings. The van der Waals surface area contributed by atoms with Gasteiger partial charge in [-0.3, -0.25) is 19.7 Å². The van der Waals surface area contributed by atoms with Crippen molar-refractivity contribution in [2.75, 3.05) is 0 Å². The Balaban J connectivity index is 2.31. The van der Waals surface area contributed by atoms with Crippen molar-refractivity contribution in [2.24, 2.45) is 5.73 Å². The second kappa shape index (κ2) is 6.89. The SMILES string of the molecule is NC(=O)C(NC(=O)c1cc([N+](=O)[O-])ccc1Cl)c1ccccc1. The molecular weight excluding hydrogens is 322 g/mol. The van der Waals surface area contributed by atoms with Gasteiger partial charge in [0, 0.05) is 12.1 Å². The molecule has 2 amide bonds. The number of nitro benzene ring substituents is 1. The molecule has 2 aromatic rings. The van der Waals surface area contributed by atoms with Crippen LogP contribution in [0.5, 0.6) is 0 Å². The van der Waals surface area contributed by atoms with Crippen LogP contribution in [0.4, 0.5) is 5.69 Å². The summed E-state index contributed by atoms with van der Waals surface area (Å²) in [7, 11) is 0. The monoisotopic (exact) mass is 333 g/mol. The smallest absolute Gasteiger partial charge is 0.270 e. The summed E-state index contributed by atoms with van der Waals surface area (Å²) in [6.07, 6.45) is 0. The van der Waals surface area contributed by atoms with E-state index in [1.807, 2.05) is 0 Å². The van der Waals surface area contributed by atoms with E-state index in [0.29, 0.717) is 5.56 Å². The molecule has 0 saturated carbocycles. The average molecular weight is 334 g/mol. The lowest BCUT2D eigenvalue weighted by Gasteiger charge is -2.16. The lowest BCUT2D eigenvalue weighted by molar-refractivity contribution is -0.384. The van der Waals surface area contributed by atoms with Crippen molar-refractivity contribution in [3.63, 3.8) is 0 Å². The van der Waals surface area contributed by atoms with E-state index in [-0.39, 0.29) is 16.3 Å². The molecule has 0 fully saturated rings. The number of halogens is 1. The van der Waals surface area contributed by atoms with Crippen LogP contribution in [0.25, 0.3) is 0 Å². The molecule has 2 rings (SSSR count). The molecule has 118 valence electrons. The quantitative estimate of drug-likeness (QED) is 0.644. The summed E-state index contributed by atoms with van der Waals surface area (Å²) in [6, 6.07) is 10.8. The number of nitro groups is 1. The zero-order chi connectivity index (χ0) is 17.0. The number of primary amides is 1. The van der Waals surface area contributed by atoms with Crippen LogP contribution in [0.3, 0.4) is 0 Å². The first-order valence-electron chi connectivity index (χ1n) is 6.49. The Hall–Kier alpha value is -2.93.